The molecule has 1 aromatic carbocycles. The van der Waals surface area contributed by atoms with Gasteiger partial charge in [-0.15, -0.1) is 24.0 Å². The number of nitrogens with zero attached hydrogens (tertiary/aromatic N) is 1. The van der Waals surface area contributed by atoms with Gasteiger partial charge in [-0.1, -0.05) is 30.3 Å². The van der Waals surface area contributed by atoms with E-state index in [-0.39, 0.29) is 35.9 Å². The maximum Gasteiger partial charge on any atom is 0.222 e. The summed E-state index contributed by atoms with van der Waals surface area (Å²) in [5, 5.41) is 5.83. The molecule has 0 aromatic heterocycles. The predicted octanol–water partition coefficient (Wildman–Crippen LogP) is 1.25. The Hall–Kier alpha value is -1.35. The van der Waals surface area contributed by atoms with Gasteiger partial charge in [0.05, 0.1) is 13.2 Å². The average molecular weight is 420 g/mol. The van der Waals surface area contributed by atoms with E-state index in [1.165, 1.54) is 0 Å². The quantitative estimate of drug-likeness (QED) is 0.336. The van der Waals surface area contributed by atoms with Crippen LogP contribution in [0.15, 0.2) is 35.3 Å². The molecule has 1 aromatic rings. The zero-order valence-corrected chi connectivity index (χ0v) is 15.4. The van der Waals surface area contributed by atoms with Crippen molar-refractivity contribution in [2.75, 3.05) is 20.3 Å². The number of hydrogen-bond acceptors (Lipinski definition) is 3. The molecule has 0 fully saturated rings. The van der Waals surface area contributed by atoms with Crippen molar-refractivity contribution >= 4 is 35.8 Å². The second kappa shape index (κ2) is 12.2. The normalized spacial score (nSPS) is 12.2. The summed E-state index contributed by atoms with van der Waals surface area (Å²) in [7, 11) is 1.63. The summed E-state index contributed by atoms with van der Waals surface area (Å²) >= 11 is 0. The molecule has 1 amide bonds. The topological polar surface area (TPSA) is 88.7 Å². The molecule has 4 N–H and O–H groups in total. The lowest BCUT2D eigenvalue weighted by atomic mass is 10.2. The van der Waals surface area contributed by atoms with Gasteiger partial charge in [0, 0.05) is 26.1 Å². The smallest absolute Gasteiger partial charge is 0.222 e. The molecule has 22 heavy (non-hydrogen) atoms. The van der Waals surface area contributed by atoms with Crippen molar-refractivity contribution in [2.45, 2.75) is 25.9 Å². The zero-order chi connectivity index (χ0) is 15.5. The lowest BCUT2D eigenvalue weighted by molar-refractivity contribution is -0.121. The van der Waals surface area contributed by atoms with Crippen molar-refractivity contribution < 1.29 is 9.53 Å². The van der Waals surface area contributed by atoms with Gasteiger partial charge in [-0.25, -0.2) is 0 Å². The summed E-state index contributed by atoms with van der Waals surface area (Å²) in [4.78, 5) is 15.8. The molecular weight excluding hydrogens is 395 g/mol. The molecule has 0 heterocycles. The monoisotopic (exact) mass is 420 g/mol. The molecule has 6 nitrogen and oxygen atoms in total. The SMILES string of the molecule is COCC(C)NC(N)=NCCC(=O)NCc1ccccc1.I. The minimum Gasteiger partial charge on any atom is -0.383 e. The van der Waals surface area contributed by atoms with E-state index in [4.69, 9.17) is 10.5 Å². The molecule has 0 spiro atoms. The van der Waals surface area contributed by atoms with E-state index in [1.807, 2.05) is 37.3 Å². The Morgan fingerprint density at radius 1 is 1.36 bits per heavy atom. The summed E-state index contributed by atoms with van der Waals surface area (Å²) in [5.74, 6) is 0.288. The van der Waals surface area contributed by atoms with Gasteiger partial charge in [0.2, 0.25) is 5.91 Å². The molecule has 0 bridgehead atoms. The Balaban J connectivity index is 0.00000441. The minimum atomic E-state index is -0.0413. The first-order valence-electron chi connectivity index (χ1n) is 6.98. The lowest BCUT2D eigenvalue weighted by Gasteiger charge is -2.12. The summed E-state index contributed by atoms with van der Waals surface area (Å²) in [5.41, 5.74) is 6.78. The number of nitrogens with one attached hydrogen (secondary N) is 2. The number of ether oxygens (including phenoxy) is 1. The van der Waals surface area contributed by atoms with Crippen LogP contribution in [0.5, 0.6) is 0 Å². The zero-order valence-electron chi connectivity index (χ0n) is 13.0. The molecule has 1 rings (SSSR count). The van der Waals surface area contributed by atoms with E-state index in [9.17, 15) is 4.79 Å². The highest BCUT2D eigenvalue weighted by atomic mass is 127. The van der Waals surface area contributed by atoms with Crippen LogP contribution in [0.2, 0.25) is 0 Å². The first kappa shape index (κ1) is 20.6. The van der Waals surface area contributed by atoms with Crippen LogP contribution in [0.25, 0.3) is 0 Å². The van der Waals surface area contributed by atoms with Crippen molar-refractivity contribution in [3.63, 3.8) is 0 Å². The Kier molecular flexibility index (Phi) is 11.5. The number of aliphatic imine (C=N–C) groups is 1. The fourth-order valence-corrected chi connectivity index (χ4v) is 1.75. The molecule has 0 aliphatic heterocycles. The molecular formula is C15H25IN4O2. The van der Waals surface area contributed by atoms with Gasteiger partial charge in [0.1, 0.15) is 0 Å². The van der Waals surface area contributed by atoms with Crippen molar-refractivity contribution in [1.29, 1.82) is 0 Å². The third-order valence-electron chi connectivity index (χ3n) is 2.76. The highest BCUT2D eigenvalue weighted by Crippen LogP contribution is 1.97. The Bertz CT molecular complexity index is 454. The number of halogens is 1. The van der Waals surface area contributed by atoms with E-state index < -0.39 is 0 Å². The second-order valence-corrected chi connectivity index (χ2v) is 4.78. The van der Waals surface area contributed by atoms with Crippen molar-refractivity contribution in [3.05, 3.63) is 35.9 Å². The number of benzene rings is 1. The van der Waals surface area contributed by atoms with Crippen LogP contribution in [0.3, 0.4) is 0 Å². The standard InChI is InChI=1S/C15H24N4O2.HI/c1-12(11-21-2)19-15(16)17-9-8-14(20)18-10-13-6-4-3-5-7-13;/h3-7,12H,8-11H2,1-2H3,(H,18,20)(H3,16,17,19);1H. The van der Waals surface area contributed by atoms with E-state index >= 15 is 0 Å². The van der Waals surface area contributed by atoms with Gasteiger partial charge in [0.15, 0.2) is 5.96 Å². The van der Waals surface area contributed by atoms with Crippen LogP contribution in [0, 0.1) is 0 Å². The molecule has 0 radical (unpaired) electrons. The summed E-state index contributed by atoms with van der Waals surface area (Å²) in [6.07, 6.45) is 0.313. The molecule has 0 aliphatic carbocycles. The third kappa shape index (κ3) is 9.56. The Labute approximate surface area is 148 Å². The summed E-state index contributed by atoms with van der Waals surface area (Å²) in [6.45, 7) is 3.38. The van der Waals surface area contributed by atoms with E-state index in [1.54, 1.807) is 7.11 Å². The van der Waals surface area contributed by atoms with Crippen LogP contribution >= 0.6 is 24.0 Å². The maximum absolute atomic E-state index is 11.7. The number of rotatable bonds is 8. The predicted molar refractivity (Wildman–Crippen MR) is 99.3 cm³/mol. The van der Waals surface area contributed by atoms with Crippen molar-refractivity contribution in [2.24, 2.45) is 10.7 Å². The first-order chi connectivity index (χ1) is 10.1. The van der Waals surface area contributed by atoms with E-state index in [2.05, 4.69) is 15.6 Å². The van der Waals surface area contributed by atoms with Crippen LogP contribution in [-0.2, 0) is 16.1 Å². The first-order valence-corrected chi connectivity index (χ1v) is 6.98. The lowest BCUT2D eigenvalue weighted by Crippen LogP contribution is -2.40. The highest BCUT2D eigenvalue weighted by Gasteiger charge is 2.03. The fraction of sp³-hybridized carbons (Fsp3) is 0.467. The summed E-state index contributed by atoms with van der Waals surface area (Å²) < 4.78 is 4.98. The molecule has 1 unspecified atom stereocenters. The minimum absolute atomic E-state index is 0. The van der Waals surface area contributed by atoms with Gasteiger partial charge >= 0.3 is 0 Å². The molecule has 1 atom stereocenters. The Morgan fingerprint density at radius 3 is 2.68 bits per heavy atom. The van der Waals surface area contributed by atoms with Crippen molar-refractivity contribution in [1.82, 2.24) is 10.6 Å². The molecule has 7 heteroatoms. The van der Waals surface area contributed by atoms with Crippen LogP contribution < -0.4 is 16.4 Å². The van der Waals surface area contributed by atoms with Gasteiger partial charge in [-0.2, -0.15) is 0 Å². The second-order valence-electron chi connectivity index (χ2n) is 4.78. The highest BCUT2D eigenvalue weighted by molar-refractivity contribution is 14.0. The molecule has 0 aliphatic rings. The number of carbonyl (C=O) groups is 1. The van der Waals surface area contributed by atoms with E-state index in [0.29, 0.717) is 32.1 Å². The van der Waals surface area contributed by atoms with Crippen LogP contribution in [0.4, 0.5) is 0 Å². The van der Waals surface area contributed by atoms with Gasteiger partial charge in [0.25, 0.3) is 0 Å². The van der Waals surface area contributed by atoms with Crippen molar-refractivity contribution in [3.8, 4) is 0 Å². The molecule has 124 valence electrons. The van der Waals surface area contributed by atoms with Gasteiger partial charge < -0.3 is 21.1 Å². The fourth-order valence-electron chi connectivity index (χ4n) is 1.75. The average Bonchev–Trinajstić information content (AvgIpc) is 2.46. The van der Waals surface area contributed by atoms with Gasteiger partial charge in [-0.05, 0) is 12.5 Å². The van der Waals surface area contributed by atoms with E-state index in [0.717, 1.165) is 5.56 Å². The van der Waals surface area contributed by atoms with Crippen LogP contribution in [0.1, 0.15) is 18.9 Å². The number of nitrogens with two attached hydrogens (primary N) is 1. The number of amides is 1. The number of hydrogen-bond donors (Lipinski definition) is 3. The molecule has 0 saturated heterocycles. The van der Waals surface area contributed by atoms with Gasteiger partial charge in [-0.3, -0.25) is 9.79 Å². The largest absolute Gasteiger partial charge is 0.383 e. The summed E-state index contributed by atoms with van der Waals surface area (Å²) in [6, 6.07) is 9.86. The number of guanidine groups is 1. The number of methoxy groups -OCH3 is 1. The maximum atomic E-state index is 11.7. The van der Waals surface area contributed by atoms with Crippen LogP contribution in [-0.4, -0.2) is 38.2 Å². The molecule has 0 saturated carbocycles. The Morgan fingerprint density at radius 2 is 2.05 bits per heavy atom. The third-order valence-corrected chi connectivity index (χ3v) is 2.76. The number of carbonyl (C=O) groups excluding carboxylic acids is 1.